The molecule has 1 saturated heterocycles. The van der Waals surface area contributed by atoms with Crippen LogP contribution in [0.25, 0.3) is 21.9 Å². The van der Waals surface area contributed by atoms with Crippen molar-refractivity contribution in [2.24, 2.45) is 0 Å². The van der Waals surface area contributed by atoms with Gasteiger partial charge in [-0.05, 0) is 31.7 Å². The smallest absolute Gasteiger partial charge is 0.152 e. The summed E-state index contributed by atoms with van der Waals surface area (Å²) in [4.78, 5) is 9.41. The maximum absolute atomic E-state index is 10.1. The first-order valence-corrected chi connectivity index (χ1v) is 12.2. The van der Waals surface area contributed by atoms with Crippen molar-refractivity contribution in [1.29, 1.82) is 0 Å². The van der Waals surface area contributed by atoms with Crippen LogP contribution >= 0.6 is 10.8 Å². The SMILES string of the molecule is CCCCc1nc2c(N)nc3ccccc3c2n1CCCCN1CCCS1(O)O. The van der Waals surface area contributed by atoms with Gasteiger partial charge in [-0.15, -0.1) is 10.8 Å². The molecule has 0 atom stereocenters. The summed E-state index contributed by atoms with van der Waals surface area (Å²) in [6, 6.07) is 8.09. The first-order valence-electron chi connectivity index (χ1n) is 10.6. The monoisotopic (exact) mass is 417 g/mol. The van der Waals surface area contributed by atoms with Crippen LogP contribution in [0.15, 0.2) is 24.3 Å². The van der Waals surface area contributed by atoms with Crippen LogP contribution in [0.5, 0.6) is 0 Å². The summed E-state index contributed by atoms with van der Waals surface area (Å²) in [6.45, 7) is 4.54. The number of para-hydroxylation sites is 1. The fraction of sp³-hybridized carbons (Fsp3) is 0.524. The average molecular weight is 418 g/mol. The summed E-state index contributed by atoms with van der Waals surface area (Å²) in [5.74, 6) is 2.07. The number of nitrogen functional groups attached to an aromatic ring is 1. The molecule has 0 bridgehead atoms. The van der Waals surface area contributed by atoms with Crippen LogP contribution in [0.2, 0.25) is 0 Å². The molecule has 4 N–H and O–H groups in total. The van der Waals surface area contributed by atoms with Gasteiger partial charge in [0.15, 0.2) is 5.82 Å². The van der Waals surface area contributed by atoms with Crippen LogP contribution in [0.1, 0.15) is 44.9 Å². The molecule has 0 amide bonds. The van der Waals surface area contributed by atoms with Crippen molar-refractivity contribution in [3.8, 4) is 0 Å². The number of hydrogen-bond donors (Lipinski definition) is 3. The molecular formula is C21H31N5O2S. The Balaban J connectivity index is 1.60. The molecule has 3 heterocycles. The Morgan fingerprint density at radius 2 is 1.90 bits per heavy atom. The molecule has 8 heteroatoms. The van der Waals surface area contributed by atoms with Gasteiger partial charge in [0.2, 0.25) is 0 Å². The topological polar surface area (TPSA) is 100 Å². The molecule has 0 saturated carbocycles. The van der Waals surface area contributed by atoms with Crippen molar-refractivity contribution in [2.75, 3.05) is 24.6 Å². The van der Waals surface area contributed by atoms with Crippen LogP contribution in [0.3, 0.4) is 0 Å². The van der Waals surface area contributed by atoms with E-state index in [2.05, 4.69) is 22.5 Å². The Kier molecular flexibility index (Phi) is 5.96. The average Bonchev–Trinajstić information content (AvgIpc) is 3.23. The molecule has 0 aliphatic carbocycles. The van der Waals surface area contributed by atoms with Crippen molar-refractivity contribution in [1.82, 2.24) is 18.8 Å². The van der Waals surface area contributed by atoms with Crippen molar-refractivity contribution >= 4 is 38.5 Å². The molecule has 29 heavy (non-hydrogen) atoms. The van der Waals surface area contributed by atoms with E-state index in [0.29, 0.717) is 11.6 Å². The Hall–Kier alpha value is -1.87. The normalized spacial score (nSPS) is 18.0. The van der Waals surface area contributed by atoms with E-state index in [0.717, 1.165) is 85.9 Å². The minimum Gasteiger partial charge on any atom is -0.382 e. The highest BCUT2D eigenvalue weighted by atomic mass is 32.3. The lowest BCUT2D eigenvalue weighted by molar-refractivity contribution is 0.368. The maximum atomic E-state index is 10.1. The number of hydrogen-bond acceptors (Lipinski definition) is 6. The lowest BCUT2D eigenvalue weighted by Crippen LogP contribution is -2.24. The standard InChI is InChI=1S/C21H31N5O2S/c1-2-3-11-18-24-19-20(16-9-4-5-10-17(16)23-21(19)22)26(18)14-7-6-12-25-13-8-15-29(25,27)28/h4-5,9-10,27-28H,2-3,6-8,11-15H2,1H3,(H2,22,23). The number of nitrogens with two attached hydrogens (primary N) is 1. The number of rotatable bonds is 8. The number of anilines is 1. The molecule has 0 unspecified atom stereocenters. The Labute approximate surface area is 173 Å². The lowest BCUT2D eigenvalue weighted by atomic mass is 10.2. The zero-order valence-electron chi connectivity index (χ0n) is 17.0. The van der Waals surface area contributed by atoms with Crippen molar-refractivity contribution in [3.63, 3.8) is 0 Å². The van der Waals surface area contributed by atoms with Crippen LogP contribution in [-0.4, -0.2) is 46.8 Å². The molecule has 1 aromatic carbocycles. The lowest BCUT2D eigenvalue weighted by Gasteiger charge is -2.36. The van der Waals surface area contributed by atoms with Gasteiger partial charge in [0, 0.05) is 31.4 Å². The van der Waals surface area contributed by atoms with E-state index < -0.39 is 10.8 Å². The minimum absolute atomic E-state index is 0.487. The van der Waals surface area contributed by atoms with Gasteiger partial charge in [-0.2, -0.15) is 0 Å². The molecule has 3 aromatic rings. The highest BCUT2D eigenvalue weighted by Gasteiger charge is 2.28. The summed E-state index contributed by atoms with van der Waals surface area (Å²) in [7, 11) is -2.52. The second-order valence-electron chi connectivity index (χ2n) is 7.82. The largest absolute Gasteiger partial charge is 0.382 e. The van der Waals surface area contributed by atoms with E-state index >= 15 is 0 Å². The highest BCUT2D eigenvalue weighted by Crippen LogP contribution is 2.48. The van der Waals surface area contributed by atoms with E-state index in [1.807, 2.05) is 22.5 Å². The molecule has 4 rings (SSSR count). The third kappa shape index (κ3) is 4.07. The van der Waals surface area contributed by atoms with E-state index in [-0.39, 0.29) is 0 Å². The molecule has 2 aromatic heterocycles. The first-order chi connectivity index (χ1) is 14.0. The Morgan fingerprint density at radius 3 is 2.66 bits per heavy atom. The predicted octanol–water partition coefficient (Wildman–Crippen LogP) is 4.66. The van der Waals surface area contributed by atoms with Crippen LogP contribution in [0, 0.1) is 0 Å². The van der Waals surface area contributed by atoms with E-state index in [1.165, 1.54) is 0 Å². The summed E-state index contributed by atoms with van der Waals surface area (Å²) < 4.78 is 24.4. The fourth-order valence-electron chi connectivity index (χ4n) is 4.20. The van der Waals surface area contributed by atoms with Crippen molar-refractivity contribution in [3.05, 3.63) is 30.1 Å². The highest BCUT2D eigenvalue weighted by molar-refractivity contribution is 8.22. The maximum Gasteiger partial charge on any atom is 0.152 e. The summed E-state index contributed by atoms with van der Waals surface area (Å²) in [6.07, 6.45) is 5.86. The number of pyridine rings is 1. The zero-order valence-corrected chi connectivity index (χ0v) is 17.9. The van der Waals surface area contributed by atoms with Crippen molar-refractivity contribution in [2.45, 2.75) is 52.0 Å². The van der Waals surface area contributed by atoms with Crippen LogP contribution < -0.4 is 5.73 Å². The summed E-state index contributed by atoms with van der Waals surface area (Å²) in [5.41, 5.74) is 9.02. The second kappa shape index (κ2) is 8.47. The van der Waals surface area contributed by atoms with E-state index in [4.69, 9.17) is 10.7 Å². The number of imidazole rings is 1. The van der Waals surface area contributed by atoms with Crippen LogP contribution in [-0.2, 0) is 13.0 Å². The zero-order chi connectivity index (χ0) is 20.4. The van der Waals surface area contributed by atoms with Gasteiger partial charge in [0.1, 0.15) is 11.3 Å². The molecule has 1 fully saturated rings. The molecule has 1 aliphatic heterocycles. The van der Waals surface area contributed by atoms with Gasteiger partial charge in [-0.3, -0.25) is 9.11 Å². The molecule has 0 radical (unpaired) electrons. The number of unbranched alkanes of at least 4 members (excludes halogenated alkanes) is 2. The second-order valence-corrected chi connectivity index (χ2v) is 10.0. The van der Waals surface area contributed by atoms with Gasteiger partial charge in [-0.1, -0.05) is 31.5 Å². The quantitative estimate of drug-likeness (QED) is 0.461. The van der Waals surface area contributed by atoms with Gasteiger partial charge in [0.25, 0.3) is 0 Å². The molecule has 7 nitrogen and oxygen atoms in total. The summed E-state index contributed by atoms with van der Waals surface area (Å²) in [5, 5.41) is 1.08. The third-order valence-electron chi connectivity index (χ3n) is 5.72. The van der Waals surface area contributed by atoms with E-state index in [1.54, 1.807) is 0 Å². The molecule has 1 aliphatic rings. The molecular weight excluding hydrogens is 386 g/mol. The number of fused-ring (bicyclic) bond motifs is 3. The van der Waals surface area contributed by atoms with Crippen molar-refractivity contribution < 1.29 is 9.11 Å². The third-order valence-corrected chi connectivity index (χ3v) is 7.75. The Bertz CT molecular complexity index is 1000. The Morgan fingerprint density at radius 1 is 1.10 bits per heavy atom. The molecule has 158 valence electrons. The number of benzene rings is 1. The van der Waals surface area contributed by atoms with Gasteiger partial charge in [-0.25, -0.2) is 14.3 Å². The minimum atomic E-state index is -2.52. The fourth-order valence-corrected chi connectivity index (χ4v) is 5.82. The van der Waals surface area contributed by atoms with E-state index in [9.17, 15) is 9.11 Å². The summed E-state index contributed by atoms with van der Waals surface area (Å²) >= 11 is 0. The number of aryl methyl sites for hydroxylation is 2. The van der Waals surface area contributed by atoms with Gasteiger partial charge >= 0.3 is 0 Å². The number of nitrogens with zero attached hydrogens (tertiary/aromatic N) is 4. The van der Waals surface area contributed by atoms with Gasteiger partial charge < -0.3 is 10.3 Å². The van der Waals surface area contributed by atoms with Crippen LogP contribution in [0.4, 0.5) is 5.82 Å². The molecule has 0 spiro atoms. The first kappa shape index (κ1) is 20.4. The van der Waals surface area contributed by atoms with Gasteiger partial charge in [0.05, 0.1) is 16.8 Å². The number of aromatic nitrogens is 3. The predicted molar refractivity (Wildman–Crippen MR) is 121 cm³/mol.